The molecule has 2 heterocycles. The molecule has 3 N–H and O–H groups in total. The number of carbonyl (C=O) groups excluding carboxylic acids is 1. The summed E-state index contributed by atoms with van der Waals surface area (Å²) in [6.07, 6.45) is 2.20. The number of nitrogens with zero attached hydrogens (tertiary/aromatic N) is 2. The van der Waals surface area contributed by atoms with Crippen LogP contribution in [0.1, 0.15) is 54.7 Å². The Morgan fingerprint density at radius 2 is 2.24 bits per heavy atom. The zero-order chi connectivity index (χ0) is 15.0. The molecule has 0 unspecified atom stereocenters. The smallest absolute Gasteiger partial charge is 0.267 e. The molecule has 1 amide bonds. The van der Waals surface area contributed by atoms with Crippen LogP contribution in [0.2, 0.25) is 0 Å². The fourth-order valence-corrected chi connectivity index (χ4v) is 2.13. The first-order valence-electron chi connectivity index (χ1n) is 6.93. The Morgan fingerprint density at radius 3 is 2.86 bits per heavy atom. The molecule has 2 aromatic heterocycles. The van der Waals surface area contributed by atoms with Crippen molar-refractivity contribution in [2.75, 3.05) is 0 Å². The van der Waals surface area contributed by atoms with E-state index in [0.717, 1.165) is 12.8 Å². The molecule has 8 nitrogen and oxygen atoms in total. The summed E-state index contributed by atoms with van der Waals surface area (Å²) in [6.45, 7) is 3.51. The van der Waals surface area contributed by atoms with E-state index in [-0.39, 0.29) is 23.9 Å². The van der Waals surface area contributed by atoms with Gasteiger partial charge in [-0.2, -0.15) is 4.98 Å². The van der Waals surface area contributed by atoms with Crippen LogP contribution in [0, 0.1) is 6.92 Å². The third-order valence-electron chi connectivity index (χ3n) is 3.58. The van der Waals surface area contributed by atoms with Gasteiger partial charge < -0.3 is 14.9 Å². The van der Waals surface area contributed by atoms with E-state index in [2.05, 4.69) is 25.7 Å². The standard InChI is InChI=1S/C13H17N5O3/c1-6-9(12(20)17-16-6)5-10(19)14-7(2)13-15-11(18-21-13)8-3-4-8/h7-8H,3-5H2,1-2H3,(H,14,19)(H2,16,17,20)/t7-/m0/s1. The monoisotopic (exact) mass is 291 g/mol. The second kappa shape index (κ2) is 5.19. The molecule has 8 heteroatoms. The van der Waals surface area contributed by atoms with Crippen LogP contribution < -0.4 is 10.9 Å². The fourth-order valence-electron chi connectivity index (χ4n) is 2.13. The van der Waals surface area contributed by atoms with E-state index in [0.29, 0.717) is 28.9 Å². The molecule has 1 aliphatic carbocycles. The number of aryl methyl sites for hydroxylation is 1. The van der Waals surface area contributed by atoms with Crippen LogP contribution in [0.25, 0.3) is 0 Å². The van der Waals surface area contributed by atoms with Crippen LogP contribution in [-0.4, -0.2) is 26.2 Å². The number of carbonyl (C=O) groups is 1. The third kappa shape index (κ3) is 2.88. The van der Waals surface area contributed by atoms with Gasteiger partial charge in [0.05, 0.1) is 6.42 Å². The van der Waals surface area contributed by atoms with Crippen LogP contribution >= 0.6 is 0 Å². The molecule has 1 aliphatic rings. The number of amides is 1. The molecule has 112 valence electrons. The second-order valence-electron chi connectivity index (χ2n) is 5.41. The number of aromatic amines is 2. The molecule has 21 heavy (non-hydrogen) atoms. The number of aromatic nitrogens is 4. The van der Waals surface area contributed by atoms with Crippen LogP contribution in [-0.2, 0) is 11.2 Å². The average Bonchev–Trinajstić information content (AvgIpc) is 3.10. The Bertz CT molecular complexity index is 709. The minimum Gasteiger partial charge on any atom is -0.344 e. The maximum absolute atomic E-state index is 12.0. The summed E-state index contributed by atoms with van der Waals surface area (Å²) >= 11 is 0. The van der Waals surface area contributed by atoms with Gasteiger partial charge in [0.15, 0.2) is 5.82 Å². The van der Waals surface area contributed by atoms with Gasteiger partial charge in [-0.15, -0.1) is 0 Å². The zero-order valence-electron chi connectivity index (χ0n) is 11.9. The number of nitrogens with one attached hydrogen (secondary N) is 3. The van der Waals surface area contributed by atoms with Gasteiger partial charge in [-0.1, -0.05) is 5.16 Å². The van der Waals surface area contributed by atoms with E-state index in [1.165, 1.54) is 0 Å². The van der Waals surface area contributed by atoms with Gasteiger partial charge in [0.1, 0.15) is 6.04 Å². The van der Waals surface area contributed by atoms with Crippen LogP contribution in [0.3, 0.4) is 0 Å². The van der Waals surface area contributed by atoms with Crippen molar-refractivity contribution in [2.45, 2.75) is 45.1 Å². The summed E-state index contributed by atoms with van der Waals surface area (Å²) in [6, 6.07) is -0.379. The highest BCUT2D eigenvalue weighted by molar-refractivity contribution is 5.79. The summed E-state index contributed by atoms with van der Waals surface area (Å²) in [7, 11) is 0. The van der Waals surface area contributed by atoms with E-state index in [9.17, 15) is 9.59 Å². The molecule has 0 aliphatic heterocycles. The Hall–Kier alpha value is -2.38. The number of hydrogen-bond donors (Lipinski definition) is 3. The van der Waals surface area contributed by atoms with Gasteiger partial charge in [0.2, 0.25) is 11.8 Å². The van der Waals surface area contributed by atoms with E-state index < -0.39 is 0 Å². The maximum Gasteiger partial charge on any atom is 0.267 e. The zero-order valence-corrected chi connectivity index (χ0v) is 11.9. The van der Waals surface area contributed by atoms with E-state index in [1.54, 1.807) is 13.8 Å². The highest BCUT2D eigenvalue weighted by Crippen LogP contribution is 2.38. The molecule has 0 spiro atoms. The van der Waals surface area contributed by atoms with Crippen molar-refractivity contribution in [3.8, 4) is 0 Å². The van der Waals surface area contributed by atoms with Crippen molar-refractivity contribution >= 4 is 5.91 Å². The summed E-state index contributed by atoms with van der Waals surface area (Å²) < 4.78 is 5.16. The Balaban J connectivity index is 1.62. The van der Waals surface area contributed by atoms with Crippen LogP contribution in [0.15, 0.2) is 9.32 Å². The van der Waals surface area contributed by atoms with Gasteiger partial charge in [0, 0.05) is 17.2 Å². The minimum absolute atomic E-state index is 0.0125. The lowest BCUT2D eigenvalue weighted by Crippen LogP contribution is -2.29. The molecular weight excluding hydrogens is 274 g/mol. The van der Waals surface area contributed by atoms with Crippen LogP contribution in [0.5, 0.6) is 0 Å². The highest BCUT2D eigenvalue weighted by Gasteiger charge is 2.29. The second-order valence-corrected chi connectivity index (χ2v) is 5.41. The van der Waals surface area contributed by atoms with Gasteiger partial charge in [-0.3, -0.25) is 14.7 Å². The lowest BCUT2D eigenvalue weighted by molar-refractivity contribution is -0.121. The van der Waals surface area contributed by atoms with E-state index in [4.69, 9.17) is 4.52 Å². The molecule has 0 aromatic carbocycles. The van der Waals surface area contributed by atoms with Crippen molar-refractivity contribution < 1.29 is 9.32 Å². The van der Waals surface area contributed by atoms with E-state index >= 15 is 0 Å². The molecule has 0 bridgehead atoms. The van der Waals surface area contributed by atoms with Crippen molar-refractivity contribution in [3.63, 3.8) is 0 Å². The first-order chi connectivity index (χ1) is 10.0. The number of rotatable bonds is 5. The first-order valence-corrected chi connectivity index (χ1v) is 6.93. The SMILES string of the molecule is Cc1[nH][nH]c(=O)c1CC(=O)N[C@@H](C)c1nc(C2CC2)no1. The normalized spacial score (nSPS) is 15.9. The summed E-state index contributed by atoms with van der Waals surface area (Å²) in [4.78, 5) is 27.8. The Labute approximate surface area is 120 Å². The van der Waals surface area contributed by atoms with Crippen molar-refractivity contribution in [2.24, 2.45) is 0 Å². The molecule has 0 saturated heterocycles. The molecule has 2 aromatic rings. The first kappa shape index (κ1) is 13.6. The van der Waals surface area contributed by atoms with Crippen molar-refractivity contribution in [1.82, 2.24) is 25.7 Å². The van der Waals surface area contributed by atoms with Crippen molar-refractivity contribution in [1.29, 1.82) is 0 Å². The Morgan fingerprint density at radius 1 is 1.48 bits per heavy atom. The van der Waals surface area contributed by atoms with E-state index in [1.807, 2.05) is 0 Å². The largest absolute Gasteiger partial charge is 0.344 e. The number of hydrogen-bond acceptors (Lipinski definition) is 5. The average molecular weight is 291 g/mol. The molecule has 3 rings (SSSR count). The van der Waals surface area contributed by atoms with Crippen LogP contribution in [0.4, 0.5) is 0 Å². The quantitative estimate of drug-likeness (QED) is 0.749. The van der Waals surface area contributed by atoms with Crippen molar-refractivity contribution in [3.05, 3.63) is 33.3 Å². The predicted octanol–water partition coefficient (Wildman–Crippen LogP) is 0.692. The van der Waals surface area contributed by atoms with Gasteiger partial charge in [-0.25, -0.2) is 0 Å². The topological polar surface area (TPSA) is 117 Å². The number of H-pyrrole nitrogens is 2. The molecule has 1 fully saturated rings. The Kier molecular flexibility index (Phi) is 3.36. The summed E-state index contributed by atoms with van der Waals surface area (Å²) in [5.74, 6) is 1.25. The van der Waals surface area contributed by atoms with Gasteiger partial charge >= 0.3 is 0 Å². The summed E-state index contributed by atoms with van der Waals surface area (Å²) in [5, 5.41) is 11.8. The third-order valence-corrected chi connectivity index (χ3v) is 3.58. The molecule has 0 radical (unpaired) electrons. The fraction of sp³-hybridized carbons (Fsp3) is 0.538. The predicted molar refractivity (Wildman–Crippen MR) is 72.7 cm³/mol. The van der Waals surface area contributed by atoms with Gasteiger partial charge in [-0.05, 0) is 26.7 Å². The molecule has 1 atom stereocenters. The maximum atomic E-state index is 12.0. The lowest BCUT2D eigenvalue weighted by atomic mass is 10.1. The highest BCUT2D eigenvalue weighted by atomic mass is 16.5. The lowest BCUT2D eigenvalue weighted by Gasteiger charge is -2.08. The minimum atomic E-state index is -0.379. The van der Waals surface area contributed by atoms with Gasteiger partial charge in [0.25, 0.3) is 5.56 Å². The molecule has 1 saturated carbocycles. The molecular formula is C13H17N5O3. The summed E-state index contributed by atoms with van der Waals surface area (Å²) in [5.41, 5.74) is 0.824.